The van der Waals surface area contributed by atoms with E-state index in [0.29, 0.717) is 27.7 Å². The Kier molecular flexibility index (Phi) is 4.80. The molecule has 0 fully saturated rings. The van der Waals surface area contributed by atoms with Gasteiger partial charge in [0.25, 0.3) is 5.56 Å². The van der Waals surface area contributed by atoms with E-state index >= 15 is 0 Å². The summed E-state index contributed by atoms with van der Waals surface area (Å²) < 4.78 is 5.05. The summed E-state index contributed by atoms with van der Waals surface area (Å²) in [5.74, 6) is 0.903. The van der Waals surface area contributed by atoms with Crippen LogP contribution in [0, 0.1) is 13.8 Å². The van der Waals surface area contributed by atoms with Gasteiger partial charge in [-0.3, -0.25) is 9.59 Å². The summed E-state index contributed by atoms with van der Waals surface area (Å²) in [6.45, 7) is 3.50. The van der Waals surface area contributed by atoms with Gasteiger partial charge in [0.2, 0.25) is 0 Å². The minimum atomic E-state index is -0.165. The van der Waals surface area contributed by atoms with Gasteiger partial charge < -0.3 is 9.72 Å². The molecule has 6 heteroatoms. The number of H-pyrrole nitrogens is 1. The zero-order valence-electron chi connectivity index (χ0n) is 12.1. The van der Waals surface area contributed by atoms with Gasteiger partial charge in [-0.1, -0.05) is 11.8 Å². The van der Waals surface area contributed by atoms with Gasteiger partial charge in [-0.05, 0) is 38.1 Å². The Labute approximate surface area is 126 Å². The van der Waals surface area contributed by atoms with Gasteiger partial charge >= 0.3 is 0 Å². The van der Waals surface area contributed by atoms with E-state index in [2.05, 4.69) is 9.97 Å². The van der Waals surface area contributed by atoms with Crippen molar-refractivity contribution in [1.29, 1.82) is 0 Å². The van der Waals surface area contributed by atoms with Crippen molar-refractivity contribution in [2.75, 3.05) is 12.9 Å². The Morgan fingerprint density at radius 1 is 1.29 bits per heavy atom. The lowest BCUT2D eigenvalue weighted by atomic mass is 10.1. The van der Waals surface area contributed by atoms with Crippen LogP contribution in [0.4, 0.5) is 0 Å². The quantitative estimate of drug-likeness (QED) is 0.521. The van der Waals surface area contributed by atoms with Crippen LogP contribution in [0.3, 0.4) is 0 Å². The molecule has 0 atom stereocenters. The van der Waals surface area contributed by atoms with E-state index in [9.17, 15) is 9.59 Å². The van der Waals surface area contributed by atoms with Gasteiger partial charge in [0.15, 0.2) is 10.9 Å². The number of aromatic amines is 1. The summed E-state index contributed by atoms with van der Waals surface area (Å²) in [4.78, 5) is 30.6. The van der Waals surface area contributed by atoms with Crippen molar-refractivity contribution >= 4 is 17.5 Å². The number of nitrogens with zero attached hydrogens (tertiary/aromatic N) is 1. The van der Waals surface area contributed by atoms with Crippen molar-refractivity contribution in [2.45, 2.75) is 19.0 Å². The summed E-state index contributed by atoms with van der Waals surface area (Å²) in [5.41, 5.74) is 1.72. The predicted octanol–water partition coefficient (Wildman–Crippen LogP) is 2.37. The Morgan fingerprint density at radius 3 is 2.52 bits per heavy atom. The maximum absolute atomic E-state index is 12.1. The molecule has 0 saturated carbocycles. The third-order valence-corrected chi connectivity index (χ3v) is 4.00. The van der Waals surface area contributed by atoms with E-state index in [-0.39, 0.29) is 17.1 Å². The molecule has 0 bridgehead atoms. The number of benzene rings is 1. The molecule has 0 radical (unpaired) electrons. The van der Waals surface area contributed by atoms with Crippen LogP contribution in [0.5, 0.6) is 5.75 Å². The first-order valence-electron chi connectivity index (χ1n) is 6.39. The van der Waals surface area contributed by atoms with Crippen molar-refractivity contribution in [3.8, 4) is 5.75 Å². The normalized spacial score (nSPS) is 10.4. The molecular weight excluding hydrogens is 288 g/mol. The number of ether oxygens (including phenoxy) is 1. The van der Waals surface area contributed by atoms with Gasteiger partial charge in [-0.2, -0.15) is 0 Å². The molecule has 110 valence electrons. The minimum Gasteiger partial charge on any atom is -0.497 e. The molecule has 0 aliphatic rings. The summed E-state index contributed by atoms with van der Waals surface area (Å²) in [6.07, 6.45) is 0. The average molecular weight is 304 g/mol. The van der Waals surface area contributed by atoms with E-state index in [4.69, 9.17) is 4.74 Å². The number of carbonyl (C=O) groups excluding carboxylic acids is 1. The van der Waals surface area contributed by atoms with Crippen LogP contribution in [0.15, 0.2) is 34.2 Å². The van der Waals surface area contributed by atoms with Crippen LogP contribution < -0.4 is 10.3 Å². The molecule has 1 aromatic carbocycles. The highest BCUT2D eigenvalue weighted by molar-refractivity contribution is 7.99. The lowest BCUT2D eigenvalue weighted by molar-refractivity contribution is 0.102. The molecule has 2 rings (SSSR count). The Morgan fingerprint density at radius 2 is 1.95 bits per heavy atom. The van der Waals surface area contributed by atoms with Crippen LogP contribution in [0.25, 0.3) is 0 Å². The van der Waals surface area contributed by atoms with Gasteiger partial charge in [-0.15, -0.1) is 0 Å². The molecule has 0 aliphatic heterocycles. The number of nitrogens with one attached hydrogen (secondary N) is 1. The van der Waals surface area contributed by atoms with Crippen molar-refractivity contribution in [2.24, 2.45) is 0 Å². The Bertz CT molecular complexity index is 708. The van der Waals surface area contributed by atoms with Crippen molar-refractivity contribution in [3.05, 3.63) is 51.4 Å². The molecule has 0 aliphatic carbocycles. The zero-order chi connectivity index (χ0) is 15.4. The molecule has 5 nitrogen and oxygen atoms in total. The van der Waals surface area contributed by atoms with Crippen molar-refractivity contribution < 1.29 is 9.53 Å². The minimum absolute atomic E-state index is 0.0245. The molecule has 0 unspecified atom stereocenters. The molecule has 2 aromatic rings. The Hall–Kier alpha value is -2.08. The maximum atomic E-state index is 12.1. The number of hydrogen-bond donors (Lipinski definition) is 1. The van der Waals surface area contributed by atoms with Crippen molar-refractivity contribution in [1.82, 2.24) is 9.97 Å². The highest BCUT2D eigenvalue weighted by atomic mass is 32.2. The van der Waals surface area contributed by atoms with Crippen LogP contribution in [-0.2, 0) is 0 Å². The van der Waals surface area contributed by atoms with Gasteiger partial charge in [0.1, 0.15) is 5.75 Å². The fraction of sp³-hybridized carbons (Fsp3) is 0.267. The second-order valence-corrected chi connectivity index (χ2v) is 5.49. The van der Waals surface area contributed by atoms with Gasteiger partial charge in [0, 0.05) is 16.8 Å². The first kappa shape index (κ1) is 15.3. The molecule has 0 spiro atoms. The van der Waals surface area contributed by atoms with Crippen LogP contribution in [0.1, 0.15) is 21.6 Å². The zero-order valence-corrected chi connectivity index (χ0v) is 12.9. The number of ketones is 1. The van der Waals surface area contributed by atoms with E-state index in [1.165, 1.54) is 11.8 Å². The molecular formula is C15H16N2O3S. The van der Waals surface area contributed by atoms with E-state index in [1.807, 2.05) is 0 Å². The molecule has 1 N–H and O–H groups in total. The smallest absolute Gasteiger partial charge is 0.254 e. The number of Topliss-reactive ketones (excluding diaryl/α,β-unsaturated/α-hetero) is 1. The summed E-state index contributed by atoms with van der Waals surface area (Å²) in [5, 5.41) is 0.463. The maximum Gasteiger partial charge on any atom is 0.254 e. The van der Waals surface area contributed by atoms with E-state index < -0.39 is 0 Å². The Balaban J connectivity index is 2.05. The first-order chi connectivity index (χ1) is 10.0. The number of methoxy groups -OCH3 is 1. The summed E-state index contributed by atoms with van der Waals surface area (Å²) >= 11 is 1.22. The highest BCUT2D eigenvalue weighted by Gasteiger charge is 2.09. The summed E-state index contributed by atoms with van der Waals surface area (Å²) in [7, 11) is 1.58. The largest absolute Gasteiger partial charge is 0.497 e. The van der Waals surface area contributed by atoms with Crippen LogP contribution in [-0.4, -0.2) is 28.6 Å². The molecule has 21 heavy (non-hydrogen) atoms. The second kappa shape index (κ2) is 6.58. The summed E-state index contributed by atoms with van der Waals surface area (Å²) in [6, 6.07) is 6.93. The first-order valence-corrected chi connectivity index (χ1v) is 7.37. The predicted molar refractivity (Wildman–Crippen MR) is 82.4 cm³/mol. The fourth-order valence-corrected chi connectivity index (χ4v) is 2.48. The monoisotopic (exact) mass is 304 g/mol. The van der Waals surface area contributed by atoms with E-state index in [0.717, 1.165) is 0 Å². The number of carbonyl (C=O) groups is 1. The topological polar surface area (TPSA) is 72.0 Å². The van der Waals surface area contributed by atoms with E-state index in [1.54, 1.807) is 45.2 Å². The van der Waals surface area contributed by atoms with Gasteiger partial charge in [0.05, 0.1) is 12.9 Å². The lowest BCUT2D eigenvalue weighted by Gasteiger charge is -2.04. The third kappa shape index (κ3) is 3.72. The number of rotatable bonds is 5. The highest BCUT2D eigenvalue weighted by Crippen LogP contribution is 2.17. The SMILES string of the molecule is COc1ccc(C(=O)CSc2nc(C)c(C)c(=O)[nH]2)cc1. The lowest BCUT2D eigenvalue weighted by Crippen LogP contribution is -2.14. The van der Waals surface area contributed by atoms with Crippen molar-refractivity contribution in [3.63, 3.8) is 0 Å². The van der Waals surface area contributed by atoms with Crippen LogP contribution in [0.2, 0.25) is 0 Å². The standard InChI is InChI=1S/C15H16N2O3S/c1-9-10(2)16-15(17-14(9)19)21-8-13(18)11-4-6-12(20-3)7-5-11/h4-7H,8H2,1-3H3,(H,16,17,19). The molecule has 1 aromatic heterocycles. The number of hydrogen-bond acceptors (Lipinski definition) is 5. The number of aromatic nitrogens is 2. The molecule has 0 amide bonds. The van der Waals surface area contributed by atoms with Gasteiger partial charge in [-0.25, -0.2) is 4.98 Å². The van der Waals surface area contributed by atoms with Crippen LogP contribution >= 0.6 is 11.8 Å². The fourth-order valence-electron chi connectivity index (χ4n) is 1.68. The third-order valence-electron chi connectivity index (χ3n) is 3.12. The average Bonchev–Trinajstić information content (AvgIpc) is 2.50. The molecule has 1 heterocycles. The number of thioether (sulfide) groups is 1. The molecule has 0 saturated heterocycles. The number of aryl methyl sites for hydroxylation is 1. The second-order valence-electron chi connectivity index (χ2n) is 4.52.